The number of aromatic nitrogens is 3. The van der Waals surface area contributed by atoms with Crippen LogP contribution in [0.1, 0.15) is 6.92 Å². The number of hydrogen-bond acceptors (Lipinski definition) is 4. The number of hydrogen-bond donors (Lipinski definition) is 0. The molecule has 0 saturated carbocycles. The molecule has 0 radical (unpaired) electrons. The zero-order chi connectivity index (χ0) is 11.8. The van der Waals surface area contributed by atoms with Gasteiger partial charge in [-0.3, -0.25) is 0 Å². The Morgan fingerprint density at radius 3 is 2.76 bits per heavy atom. The fourth-order valence-electron chi connectivity index (χ4n) is 1.59. The molecule has 0 aliphatic carbocycles. The lowest BCUT2D eigenvalue weighted by molar-refractivity contribution is 0.761. The van der Waals surface area contributed by atoms with Gasteiger partial charge in [-0.05, 0) is 31.2 Å². The first-order valence-corrected chi connectivity index (χ1v) is 6.49. The van der Waals surface area contributed by atoms with Gasteiger partial charge in [-0.1, -0.05) is 23.4 Å². The molecule has 0 spiro atoms. The Morgan fingerprint density at radius 2 is 2.00 bits per heavy atom. The van der Waals surface area contributed by atoms with Gasteiger partial charge in [-0.15, -0.1) is 10.2 Å². The first-order valence-electron chi connectivity index (χ1n) is 5.12. The highest BCUT2D eigenvalue weighted by atomic mass is 35.5. The molecule has 6 heteroatoms. The predicted molar refractivity (Wildman–Crippen MR) is 69.7 cm³/mol. The van der Waals surface area contributed by atoms with Crippen molar-refractivity contribution >= 4 is 29.1 Å². The normalized spacial score (nSPS) is 14.4. The van der Waals surface area contributed by atoms with Gasteiger partial charge in [-0.25, -0.2) is 0 Å². The third-order valence-electron chi connectivity index (χ3n) is 2.40. The van der Waals surface area contributed by atoms with Gasteiger partial charge in [-0.2, -0.15) is 9.78 Å². The van der Waals surface area contributed by atoms with Crippen LogP contribution in [0.5, 0.6) is 0 Å². The van der Waals surface area contributed by atoms with E-state index in [4.69, 9.17) is 11.6 Å². The van der Waals surface area contributed by atoms with E-state index in [1.165, 1.54) is 0 Å². The van der Waals surface area contributed by atoms with Crippen molar-refractivity contribution < 1.29 is 0 Å². The second kappa shape index (κ2) is 4.16. The highest BCUT2D eigenvalue weighted by Crippen LogP contribution is 2.27. The van der Waals surface area contributed by atoms with Gasteiger partial charge in [0, 0.05) is 22.1 Å². The van der Waals surface area contributed by atoms with Gasteiger partial charge in [0.15, 0.2) is 5.82 Å². The highest BCUT2D eigenvalue weighted by molar-refractivity contribution is 7.99. The molecule has 1 aliphatic rings. The van der Waals surface area contributed by atoms with Crippen LogP contribution in [0.4, 0.5) is 0 Å². The van der Waals surface area contributed by atoms with E-state index in [-0.39, 0.29) is 0 Å². The molecule has 1 aliphatic heterocycles. The monoisotopic (exact) mass is 264 g/mol. The topological polar surface area (TPSA) is 43.1 Å². The molecule has 1 aromatic heterocycles. The van der Waals surface area contributed by atoms with Crippen molar-refractivity contribution in [3.05, 3.63) is 29.3 Å². The Kier molecular flexibility index (Phi) is 2.64. The van der Waals surface area contributed by atoms with Crippen molar-refractivity contribution in [3.8, 4) is 11.4 Å². The van der Waals surface area contributed by atoms with Crippen molar-refractivity contribution in [2.24, 2.45) is 5.10 Å². The molecule has 0 bridgehead atoms. The standard InChI is InChI=1S/C11H9ClN4S/c1-7-6-17-11-14-13-10(16(11)15-7)8-2-4-9(12)5-3-8/h2-5H,6H2,1H3. The second-order valence-electron chi connectivity index (χ2n) is 3.75. The maximum absolute atomic E-state index is 5.87. The zero-order valence-corrected chi connectivity index (χ0v) is 10.7. The largest absolute Gasteiger partial charge is 0.212 e. The molecule has 0 atom stereocenters. The van der Waals surface area contributed by atoms with Crippen LogP contribution < -0.4 is 0 Å². The average molecular weight is 265 g/mol. The molecule has 2 aromatic rings. The quantitative estimate of drug-likeness (QED) is 0.795. The first kappa shape index (κ1) is 10.8. The van der Waals surface area contributed by atoms with Crippen LogP contribution in [-0.4, -0.2) is 26.3 Å². The number of nitrogens with zero attached hydrogens (tertiary/aromatic N) is 4. The minimum atomic E-state index is 0.709. The molecule has 4 nitrogen and oxygen atoms in total. The van der Waals surface area contributed by atoms with E-state index in [1.54, 1.807) is 16.4 Å². The summed E-state index contributed by atoms with van der Waals surface area (Å²) in [7, 11) is 0. The second-order valence-corrected chi connectivity index (χ2v) is 5.13. The molecule has 0 unspecified atom stereocenters. The fraction of sp³-hybridized carbons (Fsp3) is 0.182. The Morgan fingerprint density at radius 1 is 1.24 bits per heavy atom. The molecular weight excluding hydrogens is 256 g/mol. The number of rotatable bonds is 1. The van der Waals surface area contributed by atoms with E-state index >= 15 is 0 Å². The van der Waals surface area contributed by atoms with E-state index < -0.39 is 0 Å². The van der Waals surface area contributed by atoms with E-state index in [2.05, 4.69) is 15.3 Å². The van der Waals surface area contributed by atoms with Crippen molar-refractivity contribution in [2.45, 2.75) is 12.1 Å². The van der Waals surface area contributed by atoms with Crippen LogP contribution in [-0.2, 0) is 0 Å². The fourth-order valence-corrected chi connectivity index (χ4v) is 2.46. The summed E-state index contributed by atoms with van der Waals surface area (Å²) in [6.07, 6.45) is 0. The summed E-state index contributed by atoms with van der Waals surface area (Å²) in [5.41, 5.74) is 2.03. The number of thioether (sulfide) groups is 1. The van der Waals surface area contributed by atoms with Crippen LogP contribution in [0.3, 0.4) is 0 Å². The summed E-state index contributed by atoms with van der Waals surface area (Å²) in [5.74, 6) is 1.63. The minimum Gasteiger partial charge on any atom is -0.187 e. The molecule has 86 valence electrons. The summed E-state index contributed by atoms with van der Waals surface area (Å²) < 4.78 is 1.78. The molecule has 3 rings (SSSR count). The molecule has 0 fully saturated rings. The Balaban J connectivity index is 2.11. The maximum atomic E-state index is 5.87. The zero-order valence-electron chi connectivity index (χ0n) is 9.09. The van der Waals surface area contributed by atoms with Gasteiger partial charge in [0.1, 0.15) is 0 Å². The van der Waals surface area contributed by atoms with E-state index in [9.17, 15) is 0 Å². The molecule has 0 saturated heterocycles. The lowest BCUT2D eigenvalue weighted by atomic mass is 10.2. The van der Waals surface area contributed by atoms with Gasteiger partial charge in [0.2, 0.25) is 5.16 Å². The minimum absolute atomic E-state index is 0.709. The van der Waals surface area contributed by atoms with E-state index in [0.717, 1.165) is 28.0 Å². The van der Waals surface area contributed by atoms with Crippen LogP contribution in [0, 0.1) is 0 Å². The van der Waals surface area contributed by atoms with Gasteiger partial charge in [0.25, 0.3) is 0 Å². The summed E-state index contributed by atoms with van der Waals surface area (Å²) in [4.78, 5) is 0. The summed E-state index contributed by atoms with van der Waals surface area (Å²) in [5, 5.41) is 14.3. The average Bonchev–Trinajstić information content (AvgIpc) is 2.73. The predicted octanol–water partition coefficient (Wildman–Crippen LogP) is 2.93. The lowest BCUT2D eigenvalue weighted by Gasteiger charge is -2.10. The van der Waals surface area contributed by atoms with Gasteiger partial charge in [0.05, 0.1) is 0 Å². The third kappa shape index (κ3) is 1.96. The van der Waals surface area contributed by atoms with E-state index in [1.807, 2.05) is 31.2 Å². The first-order chi connectivity index (χ1) is 8.24. The van der Waals surface area contributed by atoms with E-state index in [0.29, 0.717) is 5.02 Å². The molecule has 0 amide bonds. The molecular formula is C11H9ClN4S. The number of halogens is 1. The van der Waals surface area contributed by atoms with Crippen LogP contribution in [0.15, 0.2) is 34.5 Å². The highest BCUT2D eigenvalue weighted by Gasteiger charge is 2.17. The smallest absolute Gasteiger partial charge is 0.187 e. The van der Waals surface area contributed by atoms with Gasteiger partial charge >= 0.3 is 0 Å². The summed E-state index contributed by atoms with van der Waals surface area (Å²) >= 11 is 7.51. The van der Waals surface area contributed by atoms with Crippen LogP contribution >= 0.6 is 23.4 Å². The van der Waals surface area contributed by atoms with Crippen molar-refractivity contribution in [3.63, 3.8) is 0 Å². The number of fused-ring (bicyclic) bond motifs is 1. The van der Waals surface area contributed by atoms with Crippen molar-refractivity contribution in [1.29, 1.82) is 0 Å². The SMILES string of the molecule is CC1=Nn2c(nnc2-c2ccc(Cl)cc2)SC1. The van der Waals surface area contributed by atoms with Gasteiger partial charge < -0.3 is 0 Å². The molecule has 0 N–H and O–H groups in total. The third-order valence-corrected chi connectivity index (χ3v) is 3.72. The molecule has 1 aromatic carbocycles. The molecule has 17 heavy (non-hydrogen) atoms. The Labute approximate surface area is 108 Å². The van der Waals surface area contributed by atoms with Crippen molar-refractivity contribution in [2.75, 3.05) is 5.75 Å². The van der Waals surface area contributed by atoms with Crippen molar-refractivity contribution in [1.82, 2.24) is 14.9 Å². The van der Waals surface area contributed by atoms with Crippen LogP contribution in [0.25, 0.3) is 11.4 Å². The maximum Gasteiger partial charge on any atom is 0.212 e. The Bertz CT molecular complexity index is 588. The summed E-state index contributed by atoms with van der Waals surface area (Å²) in [6, 6.07) is 7.52. The molecule has 2 heterocycles. The van der Waals surface area contributed by atoms with Crippen LogP contribution in [0.2, 0.25) is 5.02 Å². The Hall–Kier alpha value is -1.33. The lowest BCUT2D eigenvalue weighted by Crippen LogP contribution is -2.08. The number of benzene rings is 1. The summed E-state index contributed by atoms with van der Waals surface area (Å²) in [6.45, 7) is 2.00.